The van der Waals surface area contributed by atoms with E-state index in [0.717, 1.165) is 9.78 Å². The Hall–Kier alpha value is -0.0951. The molecule has 0 unspecified atom stereocenters. The Kier molecular flexibility index (Phi) is 4.15. The first-order valence-electron chi connectivity index (χ1n) is 7.82. The number of rotatable bonds is 2. The number of aromatic nitrogens is 1. The Labute approximate surface area is 136 Å². The molecule has 3 nitrogen and oxygen atoms in total. The van der Waals surface area contributed by atoms with Gasteiger partial charge in [0.2, 0.25) is 0 Å². The van der Waals surface area contributed by atoms with Gasteiger partial charge in [-0.1, -0.05) is 30.9 Å². The van der Waals surface area contributed by atoms with E-state index in [1.165, 1.54) is 32.1 Å². The molecule has 2 heterocycles. The first kappa shape index (κ1) is 15.8. The molecule has 0 radical (unpaired) electrons. The van der Waals surface area contributed by atoms with E-state index >= 15 is 0 Å². The molecule has 2 aliphatic rings. The number of hydrogen-bond donors (Lipinski definition) is 0. The van der Waals surface area contributed by atoms with Crippen LogP contribution in [0.4, 0.5) is 0 Å². The molecule has 0 amide bonds. The van der Waals surface area contributed by atoms with Gasteiger partial charge in [0.05, 0.1) is 21.0 Å². The molecule has 0 spiro atoms. The summed E-state index contributed by atoms with van der Waals surface area (Å²) in [5.41, 5.74) is -0.675. The second kappa shape index (κ2) is 5.52. The minimum absolute atomic E-state index is 0.337. The van der Waals surface area contributed by atoms with E-state index in [2.05, 4.69) is 32.7 Å². The Bertz CT molecular complexity index is 510. The third-order valence-electron chi connectivity index (χ3n) is 5.05. The van der Waals surface area contributed by atoms with E-state index in [0.29, 0.717) is 11.1 Å². The van der Waals surface area contributed by atoms with E-state index in [1.807, 2.05) is 0 Å². The minimum Gasteiger partial charge on any atom is -0.399 e. The molecule has 0 N–H and O–H groups in total. The lowest BCUT2D eigenvalue weighted by atomic mass is 9.88. The smallest absolute Gasteiger partial charge is 0.399 e. The largest absolute Gasteiger partial charge is 0.508 e. The molecule has 116 valence electrons. The molecule has 1 aliphatic heterocycles. The molecular formula is C15H23BClNO2S. The van der Waals surface area contributed by atoms with Crippen molar-refractivity contribution in [2.45, 2.75) is 76.9 Å². The third-order valence-corrected chi connectivity index (χ3v) is 6.69. The molecule has 21 heavy (non-hydrogen) atoms. The van der Waals surface area contributed by atoms with E-state index in [4.69, 9.17) is 20.9 Å². The molecule has 6 heteroatoms. The van der Waals surface area contributed by atoms with E-state index in [1.54, 1.807) is 11.3 Å². The molecule has 0 atom stereocenters. The van der Waals surface area contributed by atoms with Gasteiger partial charge in [0.1, 0.15) is 5.15 Å². The maximum Gasteiger partial charge on any atom is 0.508 e. The average Bonchev–Trinajstić information content (AvgIpc) is 2.89. The van der Waals surface area contributed by atoms with Gasteiger partial charge in [-0.3, -0.25) is 0 Å². The first-order valence-corrected chi connectivity index (χ1v) is 9.01. The molecule has 0 bridgehead atoms. The summed E-state index contributed by atoms with van der Waals surface area (Å²) in [6, 6.07) is 0. The molecule has 0 aromatic carbocycles. The van der Waals surface area contributed by atoms with E-state index in [-0.39, 0.29) is 11.2 Å². The normalized spacial score (nSPS) is 25.5. The molecule has 3 rings (SSSR count). The Morgan fingerprint density at radius 2 is 1.67 bits per heavy atom. The summed E-state index contributed by atoms with van der Waals surface area (Å²) in [7, 11) is -0.391. The van der Waals surface area contributed by atoms with Gasteiger partial charge in [0.15, 0.2) is 0 Å². The fourth-order valence-electron chi connectivity index (χ4n) is 2.95. The van der Waals surface area contributed by atoms with Crippen LogP contribution in [0.3, 0.4) is 0 Å². The van der Waals surface area contributed by atoms with Crippen LogP contribution in [-0.2, 0) is 9.31 Å². The summed E-state index contributed by atoms with van der Waals surface area (Å²) in [4.78, 5) is 4.60. The molecule has 1 aliphatic carbocycles. The topological polar surface area (TPSA) is 31.4 Å². The van der Waals surface area contributed by atoms with Crippen LogP contribution in [0.5, 0.6) is 0 Å². The Balaban J connectivity index is 1.82. The first-order chi connectivity index (χ1) is 9.80. The van der Waals surface area contributed by atoms with Crippen molar-refractivity contribution in [2.24, 2.45) is 0 Å². The summed E-state index contributed by atoms with van der Waals surface area (Å²) < 4.78 is 13.1. The van der Waals surface area contributed by atoms with Crippen molar-refractivity contribution >= 4 is 34.8 Å². The van der Waals surface area contributed by atoms with Crippen LogP contribution in [0, 0.1) is 0 Å². The van der Waals surface area contributed by atoms with Gasteiger partial charge in [-0.25, -0.2) is 4.98 Å². The lowest BCUT2D eigenvalue weighted by molar-refractivity contribution is 0.00578. The summed E-state index contributed by atoms with van der Waals surface area (Å²) in [5, 5.41) is 1.71. The Morgan fingerprint density at radius 3 is 2.24 bits per heavy atom. The van der Waals surface area contributed by atoms with Gasteiger partial charge in [0, 0.05) is 5.92 Å². The predicted octanol–water partition coefficient (Wildman–Crippen LogP) is 4.14. The summed E-state index contributed by atoms with van der Waals surface area (Å²) in [6.07, 6.45) is 6.40. The second-order valence-electron chi connectivity index (χ2n) is 7.13. The maximum atomic E-state index is 6.37. The van der Waals surface area contributed by atoms with Crippen molar-refractivity contribution in [1.82, 2.24) is 4.98 Å². The van der Waals surface area contributed by atoms with Crippen LogP contribution >= 0.6 is 22.9 Å². The van der Waals surface area contributed by atoms with Crippen molar-refractivity contribution < 1.29 is 9.31 Å². The van der Waals surface area contributed by atoms with Crippen LogP contribution < -0.4 is 4.78 Å². The fraction of sp³-hybridized carbons (Fsp3) is 0.800. The highest BCUT2D eigenvalue weighted by atomic mass is 35.5. The quantitative estimate of drug-likeness (QED) is 0.765. The molecular weight excluding hydrogens is 305 g/mol. The van der Waals surface area contributed by atoms with Gasteiger partial charge in [0.25, 0.3) is 0 Å². The number of hydrogen-bond acceptors (Lipinski definition) is 4. The molecule has 1 saturated heterocycles. The zero-order chi connectivity index (χ0) is 15.3. The monoisotopic (exact) mass is 327 g/mol. The summed E-state index contributed by atoms with van der Waals surface area (Å²) in [6.45, 7) is 8.24. The van der Waals surface area contributed by atoms with Crippen molar-refractivity contribution in [3.8, 4) is 0 Å². The van der Waals surface area contributed by atoms with Crippen LogP contribution in [0.1, 0.15) is 70.7 Å². The lowest BCUT2D eigenvalue weighted by Gasteiger charge is -2.32. The highest BCUT2D eigenvalue weighted by molar-refractivity contribution is 7.23. The van der Waals surface area contributed by atoms with Gasteiger partial charge < -0.3 is 9.31 Å². The van der Waals surface area contributed by atoms with Gasteiger partial charge >= 0.3 is 7.12 Å². The molecule has 1 saturated carbocycles. The highest BCUT2D eigenvalue weighted by Gasteiger charge is 2.53. The zero-order valence-corrected chi connectivity index (χ0v) is 14.8. The standard InChI is InChI=1S/C15H23BClNO2S/c1-14(2)15(3,4)20-16(19-14)11-12(17)18-13(21-11)10-8-6-5-7-9-10/h10H,5-9H2,1-4H3. The SMILES string of the molecule is CC1(C)OB(c2sc(C3CCCCC3)nc2Cl)OC1(C)C. The fourth-order valence-corrected chi connectivity index (χ4v) is 4.38. The maximum absolute atomic E-state index is 6.37. The van der Waals surface area contributed by atoms with Crippen LogP contribution in [-0.4, -0.2) is 23.3 Å². The van der Waals surface area contributed by atoms with Crippen molar-refractivity contribution in [1.29, 1.82) is 0 Å². The van der Waals surface area contributed by atoms with Crippen molar-refractivity contribution in [3.05, 3.63) is 10.2 Å². The molecule has 2 fully saturated rings. The van der Waals surface area contributed by atoms with Crippen LogP contribution in [0.2, 0.25) is 5.15 Å². The lowest BCUT2D eigenvalue weighted by Crippen LogP contribution is -2.41. The summed E-state index contributed by atoms with van der Waals surface area (Å²) in [5.74, 6) is 0.567. The van der Waals surface area contributed by atoms with E-state index in [9.17, 15) is 0 Å². The average molecular weight is 328 g/mol. The predicted molar refractivity (Wildman–Crippen MR) is 88.7 cm³/mol. The van der Waals surface area contributed by atoms with Gasteiger partial charge in [-0.05, 0) is 40.5 Å². The zero-order valence-electron chi connectivity index (χ0n) is 13.2. The summed E-state index contributed by atoms with van der Waals surface area (Å²) >= 11 is 8.04. The molecule has 1 aromatic heterocycles. The minimum atomic E-state index is -0.391. The second-order valence-corrected chi connectivity index (χ2v) is 8.55. The van der Waals surface area contributed by atoms with Gasteiger partial charge in [-0.2, -0.15) is 0 Å². The number of nitrogens with zero attached hydrogens (tertiary/aromatic N) is 1. The molecule has 1 aromatic rings. The number of thiazole rings is 1. The Morgan fingerprint density at radius 1 is 1.10 bits per heavy atom. The van der Waals surface area contributed by atoms with Crippen LogP contribution in [0.15, 0.2) is 0 Å². The number of halogens is 1. The highest BCUT2D eigenvalue weighted by Crippen LogP contribution is 2.39. The van der Waals surface area contributed by atoms with E-state index < -0.39 is 7.12 Å². The van der Waals surface area contributed by atoms with Crippen molar-refractivity contribution in [3.63, 3.8) is 0 Å². The third kappa shape index (κ3) is 2.90. The van der Waals surface area contributed by atoms with Crippen LogP contribution in [0.25, 0.3) is 0 Å². The van der Waals surface area contributed by atoms with Gasteiger partial charge in [-0.15, -0.1) is 11.3 Å². The van der Waals surface area contributed by atoms with Crippen molar-refractivity contribution in [2.75, 3.05) is 0 Å².